The summed E-state index contributed by atoms with van der Waals surface area (Å²) < 4.78 is 5.38. The highest BCUT2D eigenvalue weighted by Gasteiger charge is 2.55. The second-order valence-electron chi connectivity index (χ2n) is 12.7. The van der Waals surface area contributed by atoms with Gasteiger partial charge in [-0.05, 0) is 117 Å². The molecule has 3 aliphatic rings. The quantitative estimate of drug-likeness (QED) is 0.474. The van der Waals surface area contributed by atoms with Gasteiger partial charge in [0.2, 0.25) is 0 Å². The Morgan fingerprint density at radius 2 is 1.86 bits per heavy atom. The second kappa shape index (κ2) is 9.85. The third-order valence-corrected chi connectivity index (χ3v) is 9.37. The van der Waals surface area contributed by atoms with Gasteiger partial charge in [0, 0.05) is 31.5 Å². The highest BCUT2D eigenvalue weighted by molar-refractivity contribution is 5.94. The Morgan fingerprint density at radius 3 is 2.59 bits per heavy atom. The molecule has 2 fully saturated rings. The van der Waals surface area contributed by atoms with Crippen LogP contribution < -0.4 is 0 Å². The standard InChI is InChI=1S/C31H41N3O3/c1-30(2,3)37-28(35)13-15-34(5)29(36)21-7-8-23-20(16-21)6-9-25-24(23)12-14-31(4)26(10-11-27(25)31)22-17-32-19-33-18-22/h7-8,16-19,24-27H,6,9-15H2,1-5H3/t24-,25-,26-,27+,31-/m1/s1. The molecule has 6 heteroatoms. The predicted octanol–water partition coefficient (Wildman–Crippen LogP) is 5.92. The summed E-state index contributed by atoms with van der Waals surface area (Å²) in [7, 11) is 1.76. The van der Waals surface area contributed by atoms with Crippen molar-refractivity contribution in [3.05, 3.63) is 59.2 Å². The van der Waals surface area contributed by atoms with Crippen molar-refractivity contribution in [1.29, 1.82) is 0 Å². The largest absolute Gasteiger partial charge is 0.460 e. The number of carbonyl (C=O) groups is 2. The van der Waals surface area contributed by atoms with Crippen LogP contribution >= 0.6 is 0 Å². The summed E-state index contributed by atoms with van der Waals surface area (Å²) >= 11 is 0. The summed E-state index contributed by atoms with van der Waals surface area (Å²) in [6, 6.07) is 6.34. The number of carbonyl (C=O) groups excluding carboxylic acids is 2. The smallest absolute Gasteiger partial charge is 0.308 e. The van der Waals surface area contributed by atoms with Crippen molar-refractivity contribution in [3.63, 3.8) is 0 Å². The number of aromatic nitrogens is 2. The topological polar surface area (TPSA) is 72.4 Å². The zero-order valence-corrected chi connectivity index (χ0v) is 23.0. The summed E-state index contributed by atoms with van der Waals surface area (Å²) in [5.41, 5.74) is 4.62. The minimum atomic E-state index is -0.512. The Balaban J connectivity index is 1.27. The van der Waals surface area contributed by atoms with Crippen molar-refractivity contribution in [1.82, 2.24) is 14.9 Å². The Hall–Kier alpha value is -2.76. The molecule has 6 nitrogen and oxygen atoms in total. The number of nitrogens with zero attached hydrogens (tertiary/aromatic N) is 3. The van der Waals surface area contributed by atoms with Gasteiger partial charge in [0.15, 0.2) is 0 Å². The Labute approximate surface area is 221 Å². The number of rotatable bonds is 5. The molecule has 5 atom stereocenters. The number of benzene rings is 1. The first kappa shape index (κ1) is 25.9. The molecule has 0 aliphatic heterocycles. The van der Waals surface area contributed by atoms with Crippen LogP contribution in [0.3, 0.4) is 0 Å². The van der Waals surface area contributed by atoms with Crippen LogP contribution in [0.1, 0.15) is 105 Å². The molecule has 0 unspecified atom stereocenters. The zero-order valence-electron chi connectivity index (χ0n) is 23.0. The highest BCUT2D eigenvalue weighted by atomic mass is 16.6. The lowest BCUT2D eigenvalue weighted by atomic mass is 9.53. The van der Waals surface area contributed by atoms with Crippen LogP contribution in [0.15, 0.2) is 36.9 Å². The number of hydrogen-bond acceptors (Lipinski definition) is 5. The summed E-state index contributed by atoms with van der Waals surface area (Å²) in [6.45, 7) is 8.43. The molecule has 2 saturated carbocycles. The normalized spacial score (nSPS) is 28.6. The van der Waals surface area contributed by atoms with Gasteiger partial charge in [-0.15, -0.1) is 0 Å². The molecule has 37 heavy (non-hydrogen) atoms. The van der Waals surface area contributed by atoms with Crippen LogP contribution in [0.2, 0.25) is 0 Å². The molecule has 5 rings (SSSR count). The molecule has 0 bridgehead atoms. The first-order valence-corrected chi connectivity index (χ1v) is 13.9. The monoisotopic (exact) mass is 503 g/mol. The summed E-state index contributed by atoms with van der Waals surface area (Å²) in [4.78, 5) is 35.5. The van der Waals surface area contributed by atoms with Crippen molar-refractivity contribution in [2.75, 3.05) is 13.6 Å². The van der Waals surface area contributed by atoms with Crippen LogP contribution in [-0.2, 0) is 16.0 Å². The lowest BCUT2D eigenvalue weighted by molar-refractivity contribution is -0.154. The minimum absolute atomic E-state index is 0.0339. The molecule has 1 amide bonds. The van der Waals surface area contributed by atoms with Crippen molar-refractivity contribution < 1.29 is 14.3 Å². The number of ether oxygens (including phenoxy) is 1. The van der Waals surface area contributed by atoms with E-state index in [-0.39, 0.29) is 18.3 Å². The van der Waals surface area contributed by atoms with E-state index >= 15 is 0 Å². The zero-order chi connectivity index (χ0) is 26.4. The van der Waals surface area contributed by atoms with E-state index in [0.717, 1.165) is 17.9 Å². The van der Waals surface area contributed by atoms with E-state index in [1.807, 2.05) is 39.2 Å². The van der Waals surface area contributed by atoms with E-state index < -0.39 is 5.60 Å². The number of amides is 1. The molecule has 1 aromatic carbocycles. The average Bonchev–Trinajstić information content (AvgIpc) is 3.23. The van der Waals surface area contributed by atoms with Crippen molar-refractivity contribution in [3.8, 4) is 0 Å². The van der Waals surface area contributed by atoms with Gasteiger partial charge in [-0.2, -0.15) is 0 Å². The van der Waals surface area contributed by atoms with Crippen molar-refractivity contribution in [2.45, 2.75) is 90.1 Å². The van der Waals surface area contributed by atoms with Crippen LogP contribution in [0.25, 0.3) is 0 Å². The molecule has 2 aromatic rings. The lowest BCUT2D eigenvalue weighted by Gasteiger charge is -2.51. The van der Waals surface area contributed by atoms with Crippen LogP contribution in [0.5, 0.6) is 0 Å². The van der Waals surface area contributed by atoms with E-state index in [2.05, 4.69) is 29.0 Å². The van der Waals surface area contributed by atoms with E-state index in [1.54, 1.807) is 18.3 Å². The van der Waals surface area contributed by atoms with Gasteiger partial charge in [-0.25, -0.2) is 9.97 Å². The molecule has 0 N–H and O–H groups in total. The van der Waals surface area contributed by atoms with Crippen molar-refractivity contribution >= 4 is 11.9 Å². The number of aryl methyl sites for hydroxylation is 1. The molecule has 198 valence electrons. The fourth-order valence-electron chi connectivity index (χ4n) is 7.73. The molecular weight excluding hydrogens is 462 g/mol. The van der Waals surface area contributed by atoms with Gasteiger partial charge >= 0.3 is 5.97 Å². The van der Waals surface area contributed by atoms with Gasteiger partial charge < -0.3 is 9.64 Å². The predicted molar refractivity (Wildman–Crippen MR) is 143 cm³/mol. The molecule has 0 spiro atoms. The molecule has 3 aliphatic carbocycles. The second-order valence-corrected chi connectivity index (χ2v) is 12.7. The molecule has 0 radical (unpaired) electrons. The van der Waals surface area contributed by atoms with Crippen molar-refractivity contribution in [2.24, 2.45) is 17.3 Å². The van der Waals surface area contributed by atoms with E-state index in [4.69, 9.17) is 4.74 Å². The minimum Gasteiger partial charge on any atom is -0.460 e. The van der Waals surface area contributed by atoms with Crippen LogP contribution in [0, 0.1) is 17.3 Å². The highest BCUT2D eigenvalue weighted by Crippen LogP contribution is 2.65. The summed E-state index contributed by atoms with van der Waals surface area (Å²) in [5.74, 6) is 2.26. The maximum Gasteiger partial charge on any atom is 0.308 e. The van der Waals surface area contributed by atoms with Gasteiger partial charge in [0.25, 0.3) is 5.91 Å². The maximum absolute atomic E-state index is 13.1. The molecule has 1 aromatic heterocycles. The fraction of sp³-hybridized carbons (Fsp3) is 0.613. The average molecular weight is 504 g/mol. The summed E-state index contributed by atoms with van der Waals surface area (Å²) in [5, 5.41) is 0. The van der Waals surface area contributed by atoms with E-state index in [0.29, 0.717) is 29.7 Å². The van der Waals surface area contributed by atoms with Crippen LogP contribution in [0.4, 0.5) is 0 Å². The van der Waals surface area contributed by atoms with Gasteiger partial charge in [0.05, 0.1) is 6.42 Å². The van der Waals surface area contributed by atoms with E-state index in [1.165, 1.54) is 48.8 Å². The maximum atomic E-state index is 13.1. The number of esters is 1. The van der Waals surface area contributed by atoms with Crippen LogP contribution in [-0.4, -0.2) is 45.9 Å². The first-order chi connectivity index (χ1) is 17.6. The Bertz CT molecular complexity index is 1160. The Morgan fingerprint density at radius 1 is 1.11 bits per heavy atom. The van der Waals surface area contributed by atoms with Gasteiger partial charge in [-0.1, -0.05) is 13.0 Å². The number of fused-ring (bicyclic) bond motifs is 5. The molecule has 1 heterocycles. The lowest BCUT2D eigenvalue weighted by Crippen LogP contribution is -2.41. The third-order valence-electron chi connectivity index (χ3n) is 9.37. The SMILES string of the molecule is CN(CCC(=O)OC(C)(C)C)C(=O)c1ccc2c(c1)CC[C@@H]1[C@@H]2CC[C@]2(C)[C@@H](c3cncnc3)CC[C@@H]12. The van der Waals surface area contributed by atoms with Gasteiger partial charge in [-0.3, -0.25) is 9.59 Å². The third kappa shape index (κ3) is 5.04. The molecular formula is C31H41N3O3. The Kier molecular flexibility index (Phi) is 6.88. The van der Waals surface area contributed by atoms with Gasteiger partial charge in [0.1, 0.15) is 11.9 Å². The van der Waals surface area contributed by atoms with E-state index in [9.17, 15) is 9.59 Å². The first-order valence-electron chi connectivity index (χ1n) is 13.9. The summed E-state index contributed by atoms with van der Waals surface area (Å²) in [6.07, 6.45) is 13.1. The fourth-order valence-corrected chi connectivity index (χ4v) is 7.73. The molecule has 0 saturated heterocycles. The number of hydrogen-bond donors (Lipinski definition) is 0.